The normalized spacial score (nSPS) is 30.3. The number of halogens is 1. The maximum absolute atomic E-state index is 6.41. The maximum Gasteiger partial charge on any atom is 0.0406 e. The Labute approximate surface area is 102 Å². The molecule has 2 atom stereocenters. The van der Waals surface area contributed by atoms with Gasteiger partial charge in [0.05, 0.1) is 0 Å². The van der Waals surface area contributed by atoms with Gasteiger partial charge in [-0.3, -0.25) is 0 Å². The van der Waals surface area contributed by atoms with Crippen LogP contribution >= 0.6 is 11.6 Å². The van der Waals surface area contributed by atoms with Crippen LogP contribution in [0.1, 0.15) is 31.2 Å². The first-order chi connectivity index (χ1) is 7.60. The second-order valence-corrected chi connectivity index (χ2v) is 5.33. The molecule has 1 aliphatic rings. The van der Waals surface area contributed by atoms with Crippen LogP contribution in [-0.2, 0) is 6.42 Å². The molecule has 0 amide bonds. The lowest BCUT2D eigenvalue weighted by molar-refractivity contribution is 0.251. The van der Waals surface area contributed by atoms with Crippen molar-refractivity contribution < 1.29 is 0 Å². The first kappa shape index (κ1) is 11.9. The van der Waals surface area contributed by atoms with Crippen molar-refractivity contribution >= 4 is 11.6 Å². The van der Waals surface area contributed by atoms with E-state index >= 15 is 0 Å². The molecule has 2 unspecified atom stereocenters. The van der Waals surface area contributed by atoms with E-state index in [1.807, 2.05) is 24.3 Å². The number of rotatable bonds is 2. The summed E-state index contributed by atoms with van der Waals surface area (Å²) in [6.45, 7) is 0. The zero-order chi connectivity index (χ0) is 11.6. The van der Waals surface area contributed by atoms with Crippen LogP contribution in [0.25, 0.3) is 0 Å². The van der Waals surface area contributed by atoms with Crippen LogP contribution in [0, 0.1) is 0 Å². The summed E-state index contributed by atoms with van der Waals surface area (Å²) < 4.78 is 0. The molecule has 1 fully saturated rings. The third-order valence-corrected chi connectivity index (χ3v) is 3.84. The van der Waals surface area contributed by atoms with Crippen molar-refractivity contribution in [1.82, 2.24) is 0 Å². The van der Waals surface area contributed by atoms with E-state index in [0.29, 0.717) is 0 Å². The average Bonchev–Trinajstić information content (AvgIpc) is 2.26. The first-order valence-corrected chi connectivity index (χ1v) is 6.27. The van der Waals surface area contributed by atoms with Gasteiger partial charge in [0.15, 0.2) is 0 Å². The molecule has 0 spiro atoms. The standard InChI is InChI=1S/C13H19ClN2/c14-11-6-4-10(5-7-11)9-13(16)8-2-1-3-12(13)15/h4-7,12H,1-3,8-9,15-16H2. The minimum Gasteiger partial charge on any atom is -0.326 e. The Hall–Kier alpha value is -0.570. The van der Waals surface area contributed by atoms with Crippen molar-refractivity contribution in [2.75, 3.05) is 0 Å². The van der Waals surface area contributed by atoms with E-state index in [0.717, 1.165) is 24.3 Å². The van der Waals surface area contributed by atoms with E-state index in [1.165, 1.54) is 18.4 Å². The minimum atomic E-state index is -0.230. The Morgan fingerprint density at radius 3 is 2.56 bits per heavy atom. The molecule has 1 aliphatic carbocycles. The molecule has 0 heterocycles. The summed E-state index contributed by atoms with van der Waals surface area (Å²) in [4.78, 5) is 0. The van der Waals surface area contributed by atoms with E-state index in [1.54, 1.807) is 0 Å². The quantitative estimate of drug-likeness (QED) is 0.832. The summed E-state index contributed by atoms with van der Waals surface area (Å²) in [6, 6.07) is 8.02. The molecule has 0 bridgehead atoms. The van der Waals surface area contributed by atoms with E-state index < -0.39 is 0 Å². The van der Waals surface area contributed by atoms with Crippen LogP contribution in [0.2, 0.25) is 5.02 Å². The van der Waals surface area contributed by atoms with Crippen LogP contribution < -0.4 is 11.5 Å². The number of hydrogen-bond acceptors (Lipinski definition) is 2. The number of hydrogen-bond donors (Lipinski definition) is 2. The van der Waals surface area contributed by atoms with Gasteiger partial charge in [0, 0.05) is 16.6 Å². The lowest BCUT2D eigenvalue weighted by Crippen LogP contribution is -2.58. The Kier molecular flexibility index (Phi) is 3.53. The lowest BCUT2D eigenvalue weighted by Gasteiger charge is -2.39. The van der Waals surface area contributed by atoms with Crippen molar-refractivity contribution in [1.29, 1.82) is 0 Å². The predicted molar refractivity (Wildman–Crippen MR) is 68.5 cm³/mol. The second kappa shape index (κ2) is 4.74. The fraction of sp³-hybridized carbons (Fsp3) is 0.538. The van der Waals surface area contributed by atoms with Crippen LogP contribution in [-0.4, -0.2) is 11.6 Å². The van der Waals surface area contributed by atoms with Gasteiger partial charge in [0.1, 0.15) is 0 Å². The second-order valence-electron chi connectivity index (χ2n) is 4.89. The first-order valence-electron chi connectivity index (χ1n) is 5.89. The molecule has 1 aromatic rings. The van der Waals surface area contributed by atoms with Gasteiger partial charge >= 0.3 is 0 Å². The molecular formula is C13H19ClN2. The van der Waals surface area contributed by atoms with Gasteiger partial charge in [-0.1, -0.05) is 36.6 Å². The van der Waals surface area contributed by atoms with E-state index in [9.17, 15) is 0 Å². The molecule has 1 saturated carbocycles. The molecule has 0 radical (unpaired) electrons. The highest BCUT2D eigenvalue weighted by Crippen LogP contribution is 2.28. The van der Waals surface area contributed by atoms with Crippen molar-refractivity contribution in [3.63, 3.8) is 0 Å². The van der Waals surface area contributed by atoms with Gasteiger partial charge in [-0.05, 0) is 37.0 Å². The summed E-state index contributed by atoms with van der Waals surface area (Å²) in [5.74, 6) is 0. The largest absolute Gasteiger partial charge is 0.326 e. The van der Waals surface area contributed by atoms with Crippen LogP contribution in [0.15, 0.2) is 24.3 Å². The van der Waals surface area contributed by atoms with Crippen molar-refractivity contribution in [2.24, 2.45) is 11.5 Å². The topological polar surface area (TPSA) is 52.0 Å². The van der Waals surface area contributed by atoms with E-state index in [2.05, 4.69) is 0 Å². The van der Waals surface area contributed by atoms with Gasteiger partial charge in [0.2, 0.25) is 0 Å². The highest BCUT2D eigenvalue weighted by atomic mass is 35.5. The zero-order valence-electron chi connectivity index (χ0n) is 9.45. The van der Waals surface area contributed by atoms with Crippen molar-refractivity contribution in [3.8, 4) is 0 Å². The molecule has 16 heavy (non-hydrogen) atoms. The van der Waals surface area contributed by atoms with Crippen LogP contribution in [0.4, 0.5) is 0 Å². The fourth-order valence-corrected chi connectivity index (χ4v) is 2.62. The molecule has 0 saturated heterocycles. The highest BCUT2D eigenvalue weighted by Gasteiger charge is 2.34. The molecule has 0 aliphatic heterocycles. The smallest absolute Gasteiger partial charge is 0.0406 e. The molecule has 1 aromatic carbocycles. The molecular weight excluding hydrogens is 220 g/mol. The van der Waals surface area contributed by atoms with Crippen molar-refractivity contribution in [3.05, 3.63) is 34.9 Å². The molecule has 2 nitrogen and oxygen atoms in total. The summed E-state index contributed by atoms with van der Waals surface area (Å²) in [5, 5.41) is 0.766. The Bertz CT molecular complexity index is 349. The Morgan fingerprint density at radius 1 is 1.25 bits per heavy atom. The van der Waals surface area contributed by atoms with Gasteiger partial charge in [-0.15, -0.1) is 0 Å². The fourth-order valence-electron chi connectivity index (χ4n) is 2.49. The SMILES string of the molecule is NC1CCCCC1(N)Cc1ccc(Cl)cc1. The highest BCUT2D eigenvalue weighted by molar-refractivity contribution is 6.30. The Balaban J connectivity index is 2.10. The number of nitrogens with two attached hydrogens (primary N) is 2. The predicted octanol–water partition coefficient (Wildman–Crippen LogP) is 2.48. The van der Waals surface area contributed by atoms with Crippen LogP contribution in [0.3, 0.4) is 0 Å². The lowest BCUT2D eigenvalue weighted by atomic mass is 9.75. The Morgan fingerprint density at radius 2 is 1.94 bits per heavy atom. The van der Waals surface area contributed by atoms with E-state index in [-0.39, 0.29) is 11.6 Å². The van der Waals surface area contributed by atoms with Gasteiger partial charge in [0.25, 0.3) is 0 Å². The average molecular weight is 239 g/mol. The monoisotopic (exact) mass is 238 g/mol. The van der Waals surface area contributed by atoms with Crippen molar-refractivity contribution in [2.45, 2.75) is 43.7 Å². The molecule has 4 N–H and O–H groups in total. The van der Waals surface area contributed by atoms with E-state index in [4.69, 9.17) is 23.1 Å². The van der Waals surface area contributed by atoms with Crippen LogP contribution in [0.5, 0.6) is 0 Å². The third-order valence-electron chi connectivity index (χ3n) is 3.59. The molecule has 3 heteroatoms. The van der Waals surface area contributed by atoms with Gasteiger partial charge < -0.3 is 11.5 Å². The third kappa shape index (κ3) is 2.57. The van der Waals surface area contributed by atoms with Gasteiger partial charge in [-0.2, -0.15) is 0 Å². The zero-order valence-corrected chi connectivity index (χ0v) is 10.2. The summed E-state index contributed by atoms with van der Waals surface area (Å²) >= 11 is 5.86. The summed E-state index contributed by atoms with van der Waals surface area (Å²) in [6.07, 6.45) is 5.32. The minimum absolute atomic E-state index is 0.122. The van der Waals surface area contributed by atoms with Gasteiger partial charge in [-0.25, -0.2) is 0 Å². The summed E-state index contributed by atoms with van der Waals surface area (Å²) in [7, 11) is 0. The maximum atomic E-state index is 6.41. The molecule has 2 rings (SSSR count). The molecule has 88 valence electrons. The molecule has 0 aromatic heterocycles. The summed E-state index contributed by atoms with van der Waals surface area (Å²) in [5.41, 5.74) is 13.6. The number of benzene rings is 1.